The van der Waals surface area contributed by atoms with Crippen LogP contribution in [0.1, 0.15) is 58.9 Å². The Morgan fingerprint density at radius 1 is 1.24 bits per heavy atom. The highest BCUT2D eigenvalue weighted by molar-refractivity contribution is 8.76. The van der Waals surface area contributed by atoms with Crippen LogP contribution in [0.5, 0.6) is 5.75 Å². The van der Waals surface area contributed by atoms with Gasteiger partial charge in [-0.1, -0.05) is 57.0 Å². The number of fused-ring (bicyclic) bond motifs is 6. The fourth-order valence-corrected chi connectivity index (χ4v) is 9.00. The van der Waals surface area contributed by atoms with Gasteiger partial charge < -0.3 is 33.7 Å². The first-order valence-electron chi connectivity index (χ1n) is 17.7. The molecular formula is C37H51ClF3N3O9S2. The molecule has 2 saturated heterocycles. The number of aliphatic hydroxyl groups is 1. The van der Waals surface area contributed by atoms with E-state index in [4.69, 9.17) is 35.3 Å². The monoisotopic (exact) mass is 837 g/mol. The van der Waals surface area contributed by atoms with Crippen LogP contribution in [0.2, 0.25) is 5.02 Å². The zero-order chi connectivity index (χ0) is 41.1. The molecule has 1 aromatic carbocycles. The summed E-state index contributed by atoms with van der Waals surface area (Å²) in [4.78, 5) is 43.0. The third kappa shape index (κ3) is 10.3. The number of alkyl halides is 3. The number of methoxy groups -OCH3 is 2. The smallest absolute Gasteiger partial charge is 0.409 e. The summed E-state index contributed by atoms with van der Waals surface area (Å²) < 4.78 is 71.8. The van der Waals surface area contributed by atoms with E-state index in [2.05, 4.69) is 5.32 Å². The van der Waals surface area contributed by atoms with Crippen molar-refractivity contribution >= 4 is 56.8 Å². The van der Waals surface area contributed by atoms with Gasteiger partial charge in [0, 0.05) is 32.8 Å². The number of benzene rings is 1. The molecule has 1 aromatic rings. The van der Waals surface area contributed by atoms with Gasteiger partial charge in [0.05, 0.1) is 19.2 Å². The molecule has 8 atom stereocenters. The maximum absolute atomic E-state index is 14.2. The van der Waals surface area contributed by atoms with Crippen molar-refractivity contribution in [2.75, 3.05) is 45.2 Å². The van der Waals surface area contributed by atoms with E-state index in [1.165, 1.54) is 61.7 Å². The van der Waals surface area contributed by atoms with Crippen LogP contribution in [-0.2, 0) is 35.0 Å². The predicted octanol–water partition coefficient (Wildman–Crippen LogP) is 6.46. The van der Waals surface area contributed by atoms with Crippen molar-refractivity contribution in [3.63, 3.8) is 0 Å². The van der Waals surface area contributed by atoms with E-state index in [1.807, 2.05) is 13.0 Å². The van der Waals surface area contributed by atoms with Gasteiger partial charge in [-0.3, -0.25) is 19.8 Å². The van der Waals surface area contributed by atoms with Gasteiger partial charge in [0.25, 0.3) is 0 Å². The normalized spacial score (nSPS) is 31.7. The van der Waals surface area contributed by atoms with Crippen LogP contribution < -0.4 is 15.0 Å². The number of esters is 1. The number of nitrogens with one attached hydrogen (secondary N) is 1. The van der Waals surface area contributed by atoms with Crippen LogP contribution in [0.15, 0.2) is 35.9 Å². The number of hydrogen-bond donors (Lipinski definition) is 2. The van der Waals surface area contributed by atoms with Gasteiger partial charge in [-0.2, -0.15) is 13.2 Å². The third-order valence-electron chi connectivity index (χ3n) is 10.5. The lowest BCUT2D eigenvalue weighted by atomic mass is 9.72. The maximum atomic E-state index is 14.2. The highest BCUT2D eigenvalue weighted by atomic mass is 35.5. The molecule has 12 nitrogen and oxygen atoms in total. The molecule has 55 heavy (non-hydrogen) atoms. The van der Waals surface area contributed by atoms with Crippen molar-refractivity contribution in [1.29, 1.82) is 0 Å². The Morgan fingerprint density at radius 3 is 2.51 bits per heavy atom. The molecule has 2 fully saturated rings. The highest BCUT2D eigenvalue weighted by Crippen LogP contribution is 2.50. The summed E-state index contributed by atoms with van der Waals surface area (Å²) in [7, 11) is 8.18. The highest BCUT2D eigenvalue weighted by Gasteiger charge is 2.63. The molecule has 0 spiro atoms. The average Bonchev–Trinajstić information content (AvgIpc) is 3.09. The Labute approximate surface area is 333 Å². The third-order valence-corrected chi connectivity index (χ3v) is 12.8. The summed E-state index contributed by atoms with van der Waals surface area (Å²) in [5.41, 5.74) is -2.61. The van der Waals surface area contributed by atoms with Gasteiger partial charge in [-0.25, -0.2) is 4.79 Å². The predicted molar refractivity (Wildman–Crippen MR) is 206 cm³/mol. The van der Waals surface area contributed by atoms with Crippen LogP contribution >= 0.6 is 33.2 Å². The molecule has 0 aromatic heterocycles. The largest absolute Gasteiger partial charge is 0.495 e. The number of carbonyl (C=O) groups is 3. The molecule has 2 N–H and O–H groups in total. The average molecular weight is 838 g/mol. The fraction of sp³-hybridized carbons (Fsp3) is 0.649. The van der Waals surface area contributed by atoms with E-state index < -0.39 is 77.9 Å². The lowest BCUT2D eigenvalue weighted by molar-refractivity contribution is -0.328. The van der Waals surface area contributed by atoms with Gasteiger partial charge >= 0.3 is 18.2 Å². The second-order valence-electron chi connectivity index (χ2n) is 14.7. The second kappa shape index (κ2) is 17.9. The summed E-state index contributed by atoms with van der Waals surface area (Å²) in [5, 5.41) is 14.4. The number of carbonyl (C=O) groups excluding carboxylic acids is 3. The minimum Gasteiger partial charge on any atom is -0.495 e. The lowest BCUT2D eigenvalue weighted by Gasteiger charge is -2.59. The van der Waals surface area contributed by atoms with Crippen LogP contribution in [0.3, 0.4) is 0 Å². The van der Waals surface area contributed by atoms with E-state index >= 15 is 0 Å². The van der Waals surface area contributed by atoms with E-state index in [9.17, 15) is 32.7 Å². The van der Waals surface area contributed by atoms with Crippen molar-refractivity contribution in [1.82, 2.24) is 10.2 Å². The number of allylic oxidation sites excluding steroid dienone is 3. The maximum Gasteiger partial charge on any atom is 0.409 e. The van der Waals surface area contributed by atoms with Crippen LogP contribution in [0, 0.1) is 0 Å². The topological polar surface area (TPSA) is 136 Å². The van der Waals surface area contributed by atoms with Crippen molar-refractivity contribution in [2.45, 2.75) is 113 Å². The molecule has 1 unspecified atom stereocenters. The number of alkyl carbamates (subject to hydrolysis) is 1. The first-order chi connectivity index (χ1) is 25.6. The molecule has 4 aliphatic heterocycles. The van der Waals surface area contributed by atoms with E-state index in [0.717, 1.165) is 16.0 Å². The van der Waals surface area contributed by atoms with Crippen molar-refractivity contribution in [3.8, 4) is 5.75 Å². The molecule has 2 amide bonds. The number of ether oxygens (including phenoxy) is 5. The quantitative estimate of drug-likeness (QED) is 0.152. The molecular weight excluding hydrogens is 787 g/mol. The molecule has 308 valence electrons. The zero-order valence-corrected chi connectivity index (χ0v) is 34.8. The summed E-state index contributed by atoms with van der Waals surface area (Å²) in [6.07, 6.45) is -2.41. The Hall–Kier alpha value is -2.67. The second-order valence-corrected chi connectivity index (χ2v) is 17.7. The first kappa shape index (κ1) is 45.0. The van der Waals surface area contributed by atoms with E-state index in [-0.39, 0.29) is 30.0 Å². The SMILES string of the molecule is COc1cc2cc(c1Cl)N(C)C(=O)C[C@H](OC(=O)[C@H](C)N(C)[C@H](CCSSC)C(F)(F)F)[C@@]1(C)CC(C)(O1)[C@@H]1C[C@@](O)(NC(=O)O1)[C@H](OC)/C=C/C=C(\C)C2. The molecule has 5 rings (SSSR count). The number of anilines is 1. The van der Waals surface area contributed by atoms with Crippen molar-refractivity contribution < 1.29 is 56.3 Å². The van der Waals surface area contributed by atoms with Gasteiger partial charge in [0.2, 0.25) is 5.91 Å². The summed E-state index contributed by atoms with van der Waals surface area (Å²) >= 11 is 6.73. The van der Waals surface area contributed by atoms with Crippen molar-refractivity contribution in [2.24, 2.45) is 0 Å². The Balaban J connectivity index is 1.76. The van der Waals surface area contributed by atoms with Crippen molar-refractivity contribution in [3.05, 3.63) is 46.5 Å². The molecule has 18 heteroatoms. The fourth-order valence-electron chi connectivity index (χ4n) is 7.41. The lowest BCUT2D eigenvalue weighted by Crippen LogP contribution is -2.72. The number of halogens is 4. The molecule has 4 aliphatic rings. The number of amides is 2. The Bertz CT molecular complexity index is 1640. The Morgan fingerprint density at radius 2 is 1.91 bits per heavy atom. The number of rotatable bonds is 10. The summed E-state index contributed by atoms with van der Waals surface area (Å²) in [5.74, 6) is -1.02. The standard InChI is InChI=1S/C37H51ClF3N3O9S2/c1-21-11-10-12-27(50-8)36(48)19-29(52-33(47)42-36)35(4)20-34(3,53-35)28(18-30(45)44(6)24-16-23(15-21)17-25(49-7)31(24)38)51-32(46)22(2)43(5)26(37(39,40)41)13-14-55-54-9/h10-12,16-17,22,26-29,48H,13-15,18-20H2,1-9H3,(H,42,47)/b12-10+,21-11+/t22-,26+,27+,28-,29-,34+,35?,36-/m0/s1. The van der Waals surface area contributed by atoms with Gasteiger partial charge in [-0.05, 0) is 71.5 Å². The number of nitrogens with zero attached hydrogens (tertiary/aromatic N) is 2. The molecule has 0 aliphatic carbocycles. The summed E-state index contributed by atoms with van der Waals surface area (Å²) in [6, 6.07) is 0.180. The van der Waals surface area contributed by atoms with Crippen LogP contribution in [0.4, 0.5) is 23.7 Å². The Kier molecular flexibility index (Phi) is 14.6. The zero-order valence-electron chi connectivity index (χ0n) is 32.5. The minimum atomic E-state index is -4.63. The molecule has 0 saturated carbocycles. The molecule has 6 bridgehead atoms. The van der Waals surface area contributed by atoms with Crippen LogP contribution in [-0.4, -0.2) is 122 Å². The first-order valence-corrected chi connectivity index (χ1v) is 20.8. The number of hydrogen-bond acceptors (Lipinski definition) is 12. The minimum absolute atomic E-state index is 0.0593. The van der Waals surface area contributed by atoms with Gasteiger partial charge in [-0.15, -0.1) is 0 Å². The molecule has 0 radical (unpaired) electrons. The van der Waals surface area contributed by atoms with E-state index in [0.29, 0.717) is 17.9 Å². The number of likely N-dealkylation sites (N-methyl/N-ethyl adjacent to an activating group) is 1. The molecule has 4 heterocycles. The van der Waals surface area contributed by atoms with E-state index in [1.54, 1.807) is 44.4 Å². The summed E-state index contributed by atoms with van der Waals surface area (Å²) in [6.45, 7) is 6.47. The van der Waals surface area contributed by atoms with Gasteiger partial charge in [0.15, 0.2) is 5.72 Å². The van der Waals surface area contributed by atoms with Gasteiger partial charge in [0.1, 0.15) is 52.4 Å². The van der Waals surface area contributed by atoms with Crippen LogP contribution in [0.25, 0.3) is 0 Å².